The fourth-order valence-electron chi connectivity index (χ4n) is 2.70. The van der Waals surface area contributed by atoms with Crippen molar-refractivity contribution in [3.05, 3.63) is 34.9 Å². The summed E-state index contributed by atoms with van der Waals surface area (Å²) in [7, 11) is 0. The van der Waals surface area contributed by atoms with Crippen molar-refractivity contribution in [3.8, 4) is 0 Å². The number of ether oxygens (including phenoxy) is 1. The lowest BCUT2D eigenvalue weighted by Gasteiger charge is -2.38. The van der Waals surface area contributed by atoms with Crippen LogP contribution in [0.3, 0.4) is 0 Å². The number of amides is 2. The molecular weight excluding hydrogens is 304 g/mol. The van der Waals surface area contributed by atoms with Crippen LogP contribution in [0.2, 0.25) is 5.02 Å². The first kappa shape index (κ1) is 17.1. The monoisotopic (exact) mass is 326 g/mol. The zero-order chi connectivity index (χ0) is 16.0. The first-order chi connectivity index (χ1) is 10.6. The molecule has 1 saturated heterocycles. The number of carbonyl (C=O) groups excluding carboxylic acids is 1. The maximum atomic E-state index is 11.9. The van der Waals surface area contributed by atoms with Crippen LogP contribution in [-0.4, -0.2) is 43.5 Å². The van der Waals surface area contributed by atoms with Crippen molar-refractivity contribution in [2.24, 2.45) is 0 Å². The fraction of sp³-hybridized carbons (Fsp3) is 0.562. The van der Waals surface area contributed by atoms with E-state index in [1.165, 1.54) is 0 Å². The topological polar surface area (TPSA) is 70.6 Å². The molecule has 1 aromatic carbocycles. The maximum absolute atomic E-state index is 11.9. The molecule has 0 aliphatic carbocycles. The Morgan fingerprint density at radius 1 is 1.36 bits per heavy atom. The molecule has 1 unspecified atom stereocenters. The number of hydrogen-bond donors (Lipinski definition) is 3. The molecule has 3 N–H and O–H groups in total. The number of aliphatic hydroxyl groups is 1. The molecular formula is C16H23ClN2O3. The lowest BCUT2D eigenvalue weighted by atomic mass is 9.74. The third-order valence-corrected chi connectivity index (χ3v) is 4.40. The number of halogens is 1. The molecule has 122 valence electrons. The lowest BCUT2D eigenvalue weighted by molar-refractivity contribution is 0.0506. The normalized spacial score (nSPS) is 18.5. The number of urea groups is 1. The van der Waals surface area contributed by atoms with Gasteiger partial charge in [0.1, 0.15) is 0 Å². The first-order valence-corrected chi connectivity index (χ1v) is 7.92. The molecule has 1 heterocycles. The third kappa shape index (κ3) is 4.35. The highest BCUT2D eigenvalue weighted by Gasteiger charge is 2.34. The SMILES string of the molecule is CC(CO)NC(=O)NCC1(c2ccc(Cl)cc2)CCOCC1. The minimum atomic E-state index is -0.263. The zero-order valence-electron chi connectivity index (χ0n) is 12.8. The zero-order valence-corrected chi connectivity index (χ0v) is 13.5. The van der Waals surface area contributed by atoms with Crippen LogP contribution < -0.4 is 10.6 Å². The lowest BCUT2D eigenvalue weighted by Crippen LogP contribution is -2.49. The van der Waals surface area contributed by atoms with Gasteiger partial charge in [-0.2, -0.15) is 0 Å². The van der Waals surface area contributed by atoms with Gasteiger partial charge in [-0.1, -0.05) is 23.7 Å². The van der Waals surface area contributed by atoms with E-state index in [4.69, 9.17) is 21.4 Å². The molecule has 0 saturated carbocycles. The second-order valence-electron chi connectivity index (χ2n) is 5.81. The second kappa shape index (κ2) is 7.81. The molecule has 1 fully saturated rings. The van der Waals surface area contributed by atoms with Gasteiger partial charge in [0.05, 0.1) is 12.6 Å². The molecule has 1 atom stereocenters. The van der Waals surface area contributed by atoms with E-state index < -0.39 is 0 Å². The van der Waals surface area contributed by atoms with Crippen molar-refractivity contribution in [2.75, 3.05) is 26.4 Å². The van der Waals surface area contributed by atoms with E-state index >= 15 is 0 Å². The van der Waals surface area contributed by atoms with Crippen LogP contribution in [-0.2, 0) is 10.2 Å². The quantitative estimate of drug-likeness (QED) is 0.775. The van der Waals surface area contributed by atoms with E-state index in [9.17, 15) is 4.79 Å². The Morgan fingerprint density at radius 3 is 2.59 bits per heavy atom. The Bertz CT molecular complexity index is 487. The summed E-state index contributed by atoms with van der Waals surface area (Å²) >= 11 is 5.97. The molecule has 0 aromatic heterocycles. The van der Waals surface area contributed by atoms with Crippen LogP contribution in [0.25, 0.3) is 0 Å². The van der Waals surface area contributed by atoms with Crippen LogP contribution in [0.4, 0.5) is 4.79 Å². The molecule has 22 heavy (non-hydrogen) atoms. The molecule has 2 amide bonds. The molecule has 1 aliphatic rings. The van der Waals surface area contributed by atoms with E-state index in [0.717, 1.165) is 18.4 Å². The summed E-state index contributed by atoms with van der Waals surface area (Å²) in [6, 6.07) is 7.26. The summed E-state index contributed by atoms with van der Waals surface area (Å²) in [6.45, 7) is 3.56. The van der Waals surface area contributed by atoms with Crippen molar-refractivity contribution >= 4 is 17.6 Å². The van der Waals surface area contributed by atoms with Gasteiger partial charge in [0.25, 0.3) is 0 Å². The van der Waals surface area contributed by atoms with Crippen LogP contribution in [0, 0.1) is 0 Å². The van der Waals surface area contributed by atoms with Crippen LogP contribution in [0.1, 0.15) is 25.3 Å². The van der Waals surface area contributed by atoms with E-state index in [1.54, 1.807) is 6.92 Å². The average molecular weight is 327 g/mol. The Morgan fingerprint density at radius 2 is 2.00 bits per heavy atom. The summed E-state index contributed by atoms with van der Waals surface area (Å²) in [5, 5.41) is 15.3. The first-order valence-electron chi connectivity index (χ1n) is 7.55. The Kier molecular flexibility index (Phi) is 6.06. The Balaban J connectivity index is 2.06. The molecule has 6 heteroatoms. The molecule has 1 aliphatic heterocycles. The van der Waals surface area contributed by atoms with Gasteiger partial charge >= 0.3 is 6.03 Å². The highest BCUT2D eigenvalue weighted by atomic mass is 35.5. The summed E-state index contributed by atoms with van der Waals surface area (Å²) in [4.78, 5) is 11.9. The van der Waals surface area contributed by atoms with Gasteiger partial charge in [0.2, 0.25) is 0 Å². The molecule has 0 radical (unpaired) electrons. The largest absolute Gasteiger partial charge is 0.394 e. The fourth-order valence-corrected chi connectivity index (χ4v) is 2.83. The maximum Gasteiger partial charge on any atom is 0.315 e. The number of rotatable bonds is 5. The van der Waals surface area contributed by atoms with Crippen LogP contribution in [0.15, 0.2) is 24.3 Å². The van der Waals surface area contributed by atoms with Gasteiger partial charge in [0, 0.05) is 30.2 Å². The van der Waals surface area contributed by atoms with Crippen LogP contribution >= 0.6 is 11.6 Å². The van der Waals surface area contributed by atoms with Gasteiger partial charge in [-0.15, -0.1) is 0 Å². The highest BCUT2D eigenvalue weighted by molar-refractivity contribution is 6.30. The molecule has 2 rings (SSSR count). The Hall–Kier alpha value is -1.30. The summed E-state index contributed by atoms with van der Waals surface area (Å²) < 4.78 is 5.47. The van der Waals surface area contributed by atoms with Gasteiger partial charge in [-0.25, -0.2) is 4.79 Å². The van der Waals surface area contributed by atoms with Gasteiger partial charge in [0.15, 0.2) is 0 Å². The average Bonchev–Trinajstić information content (AvgIpc) is 2.54. The number of carbonyl (C=O) groups is 1. The van der Waals surface area contributed by atoms with Crippen molar-refractivity contribution in [1.82, 2.24) is 10.6 Å². The van der Waals surface area contributed by atoms with Gasteiger partial charge in [-0.3, -0.25) is 0 Å². The van der Waals surface area contributed by atoms with Gasteiger partial charge in [-0.05, 0) is 37.5 Å². The third-order valence-electron chi connectivity index (χ3n) is 4.15. The minimum Gasteiger partial charge on any atom is -0.394 e. The minimum absolute atomic E-state index is 0.0798. The van der Waals surface area contributed by atoms with Crippen molar-refractivity contribution in [2.45, 2.75) is 31.2 Å². The van der Waals surface area contributed by atoms with E-state index in [-0.39, 0.29) is 24.1 Å². The number of aliphatic hydroxyl groups excluding tert-OH is 1. The van der Waals surface area contributed by atoms with Gasteiger partial charge < -0.3 is 20.5 Å². The van der Waals surface area contributed by atoms with Crippen molar-refractivity contribution < 1.29 is 14.6 Å². The molecule has 0 spiro atoms. The van der Waals surface area contributed by atoms with E-state index in [1.807, 2.05) is 24.3 Å². The highest BCUT2D eigenvalue weighted by Crippen LogP contribution is 2.34. The second-order valence-corrected chi connectivity index (χ2v) is 6.25. The number of nitrogens with one attached hydrogen (secondary N) is 2. The number of benzene rings is 1. The van der Waals surface area contributed by atoms with E-state index in [2.05, 4.69) is 10.6 Å². The Labute approximate surface area is 136 Å². The molecule has 5 nitrogen and oxygen atoms in total. The number of hydrogen-bond acceptors (Lipinski definition) is 3. The predicted octanol–water partition coefficient (Wildman–Crippen LogP) is 2.07. The summed E-state index contributed by atoms with van der Waals surface area (Å²) in [5.41, 5.74) is 1.03. The summed E-state index contributed by atoms with van der Waals surface area (Å²) in [5.74, 6) is 0. The van der Waals surface area contributed by atoms with Crippen molar-refractivity contribution in [3.63, 3.8) is 0 Å². The van der Waals surface area contributed by atoms with Crippen molar-refractivity contribution in [1.29, 1.82) is 0 Å². The molecule has 0 bridgehead atoms. The van der Waals surface area contributed by atoms with E-state index in [0.29, 0.717) is 24.8 Å². The van der Waals surface area contributed by atoms with Crippen LogP contribution in [0.5, 0.6) is 0 Å². The predicted molar refractivity (Wildman–Crippen MR) is 86.3 cm³/mol. The smallest absolute Gasteiger partial charge is 0.315 e. The molecule has 1 aromatic rings. The standard InChI is InChI=1S/C16H23ClN2O3/c1-12(10-20)19-15(21)18-11-16(6-8-22-9-7-16)13-2-4-14(17)5-3-13/h2-5,12,20H,6-11H2,1H3,(H2,18,19,21). The summed E-state index contributed by atoms with van der Waals surface area (Å²) in [6.07, 6.45) is 1.70.